The van der Waals surface area contributed by atoms with Crippen molar-refractivity contribution in [2.24, 2.45) is 0 Å². The second kappa shape index (κ2) is 7.88. The van der Waals surface area contributed by atoms with Gasteiger partial charge >= 0.3 is 6.18 Å². The molecule has 0 unspecified atom stereocenters. The molecule has 1 aliphatic carbocycles. The average molecular weight is 356 g/mol. The molecule has 7 heteroatoms. The van der Waals surface area contributed by atoms with Crippen LogP contribution in [0.25, 0.3) is 0 Å². The topological polar surface area (TPSA) is 44.2 Å². The van der Waals surface area contributed by atoms with E-state index < -0.39 is 11.7 Å². The minimum absolute atomic E-state index is 0.0335. The number of ketones is 1. The Kier molecular flexibility index (Phi) is 6.10. The van der Waals surface area contributed by atoms with Gasteiger partial charge in [0.15, 0.2) is 5.78 Å². The predicted molar refractivity (Wildman–Crippen MR) is 90.3 cm³/mol. The summed E-state index contributed by atoms with van der Waals surface area (Å²) in [7, 11) is 0. The molecule has 1 aromatic carbocycles. The van der Waals surface area contributed by atoms with Gasteiger partial charge in [-0.2, -0.15) is 13.2 Å². The molecule has 1 aromatic rings. The number of benzene rings is 1. The van der Waals surface area contributed by atoms with E-state index in [1.165, 1.54) is 17.0 Å². The van der Waals surface area contributed by atoms with E-state index in [4.69, 9.17) is 5.41 Å². The molecule has 130 valence electrons. The number of hydrogen-bond donors (Lipinski definition) is 1. The van der Waals surface area contributed by atoms with E-state index in [-0.39, 0.29) is 17.9 Å². The summed E-state index contributed by atoms with van der Waals surface area (Å²) in [6.45, 7) is -0.0335. The van der Waals surface area contributed by atoms with Crippen molar-refractivity contribution in [3.05, 3.63) is 46.0 Å². The van der Waals surface area contributed by atoms with Gasteiger partial charge in [-0.3, -0.25) is 10.2 Å². The van der Waals surface area contributed by atoms with E-state index in [1.807, 2.05) is 6.26 Å². The smallest absolute Gasteiger partial charge is 0.328 e. The Hall–Kier alpha value is -1.76. The molecule has 0 heterocycles. The van der Waals surface area contributed by atoms with E-state index in [1.54, 1.807) is 16.7 Å². The molecule has 0 atom stereocenters. The summed E-state index contributed by atoms with van der Waals surface area (Å²) in [6, 6.07) is 4.21. The third kappa shape index (κ3) is 4.41. The van der Waals surface area contributed by atoms with E-state index in [0.717, 1.165) is 49.9 Å². The lowest BCUT2D eigenvalue weighted by Crippen LogP contribution is -2.29. The summed E-state index contributed by atoms with van der Waals surface area (Å²) >= 11 is 1.62. The number of rotatable bonds is 6. The number of carbonyl (C=O) groups excluding carboxylic acids is 1. The number of nitrogens with zero attached hydrogens (tertiary/aromatic N) is 1. The monoisotopic (exact) mass is 356 g/mol. The Morgan fingerprint density at radius 1 is 1.25 bits per heavy atom. The fraction of sp³-hybridized carbons (Fsp3) is 0.412. The third-order valence-corrected chi connectivity index (χ3v) is 4.92. The molecule has 2 rings (SSSR count). The van der Waals surface area contributed by atoms with Gasteiger partial charge in [0, 0.05) is 16.2 Å². The van der Waals surface area contributed by atoms with Crippen LogP contribution in [-0.4, -0.2) is 29.8 Å². The van der Waals surface area contributed by atoms with E-state index in [9.17, 15) is 18.0 Å². The van der Waals surface area contributed by atoms with Crippen LogP contribution in [0.4, 0.5) is 13.2 Å². The van der Waals surface area contributed by atoms with Gasteiger partial charge in [0.2, 0.25) is 0 Å². The highest BCUT2D eigenvalue weighted by Crippen LogP contribution is 2.33. The molecule has 0 saturated carbocycles. The fourth-order valence-corrected chi connectivity index (χ4v) is 3.50. The Labute approximate surface area is 143 Å². The molecule has 0 fully saturated rings. The van der Waals surface area contributed by atoms with Gasteiger partial charge in [0.1, 0.15) is 0 Å². The maximum absolute atomic E-state index is 12.6. The standard InChI is InChI=1S/C17H19F3N2OS/c1-24-16-5-3-2-4-14(16)22(11-21)10-15(23)12-6-8-13(9-7-12)17(18,19)20/h6-9,11,21H,2-5,10H2,1H3. The van der Waals surface area contributed by atoms with Crippen molar-refractivity contribution in [1.82, 2.24) is 4.90 Å². The fourth-order valence-electron chi connectivity index (χ4n) is 2.70. The van der Waals surface area contributed by atoms with Crippen LogP contribution in [0.15, 0.2) is 34.9 Å². The molecule has 1 aliphatic rings. The number of thioether (sulfide) groups is 1. The molecule has 0 spiro atoms. The lowest BCUT2D eigenvalue weighted by Gasteiger charge is -2.27. The van der Waals surface area contributed by atoms with Gasteiger partial charge < -0.3 is 4.90 Å². The van der Waals surface area contributed by atoms with Crippen LogP contribution in [0.1, 0.15) is 41.6 Å². The van der Waals surface area contributed by atoms with Crippen molar-refractivity contribution in [1.29, 1.82) is 5.41 Å². The summed E-state index contributed by atoms with van der Waals surface area (Å²) in [5.41, 5.74) is 0.420. The maximum atomic E-state index is 12.6. The number of carbonyl (C=O) groups is 1. The van der Waals surface area contributed by atoms with Gasteiger partial charge in [-0.05, 0) is 44.1 Å². The zero-order valence-electron chi connectivity index (χ0n) is 13.3. The van der Waals surface area contributed by atoms with Crippen LogP contribution in [0.3, 0.4) is 0 Å². The van der Waals surface area contributed by atoms with Gasteiger partial charge in [0.25, 0.3) is 0 Å². The second-order valence-electron chi connectivity index (χ2n) is 5.54. The van der Waals surface area contributed by atoms with Crippen molar-refractivity contribution in [2.75, 3.05) is 12.8 Å². The van der Waals surface area contributed by atoms with Gasteiger partial charge in [-0.25, -0.2) is 0 Å². The van der Waals surface area contributed by atoms with Crippen molar-refractivity contribution in [3.63, 3.8) is 0 Å². The molecule has 0 radical (unpaired) electrons. The van der Waals surface area contributed by atoms with E-state index in [0.29, 0.717) is 0 Å². The van der Waals surface area contributed by atoms with Crippen LogP contribution in [0, 0.1) is 5.41 Å². The summed E-state index contributed by atoms with van der Waals surface area (Å²) in [6.07, 6.45) is 2.54. The lowest BCUT2D eigenvalue weighted by atomic mass is 10.0. The Morgan fingerprint density at radius 2 is 1.88 bits per heavy atom. The van der Waals surface area contributed by atoms with Crippen LogP contribution in [0.5, 0.6) is 0 Å². The van der Waals surface area contributed by atoms with Crippen molar-refractivity contribution in [2.45, 2.75) is 31.9 Å². The molecule has 0 bridgehead atoms. The SMILES string of the molecule is CSC1=C(N(C=N)CC(=O)c2ccc(C(F)(F)F)cc2)CCCC1. The number of halogens is 3. The summed E-state index contributed by atoms with van der Waals surface area (Å²) in [5.74, 6) is -0.300. The molecule has 3 nitrogen and oxygen atoms in total. The van der Waals surface area contributed by atoms with E-state index >= 15 is 0 Å². The van der Waals surface area contributed by atoms with Crippen molar-refractivity contribution < 1.29 is 18.0 Å². The number of Topliss-reactive ketones (excluding diaryl/α,β-unsaturated/α-hetero) is 1. The molecule has 0 saturated heterocycles. The summed E-state index contributed by atoms with van der Waals surface area (Å²) in [5, 5.41) is 7.59. The molecule has 0 amide bonds. The van der Waals surface area contributed by atoms with Crippen LogP contribution in [-0.2, 0) is 6.18 Å². The number of alkyl halides is 3. The van der Waals surface area contributed by atoms with Crippen molar-refractivity contribution >= 4 is 23.9 Å². The first-order chi connectivity index (χ1) is 11.4. The highest BCUT2D eigenvalue weighted by atomic mass is 32.2. The quantitative estimate of drug-likeness (QED) is 0.446. The van der Waals surface area contributed by atoms with Crippen molar-refractivity contribution in [3.8, 4) is 0 Å². The molecular weight excluding hydrogens is 337 g/mol. The van der Waals surface area contributed by atoms with Gasteiger partial charge in [-0.15, -0.1) is 11.8 Å². The molecule has 24 heavy (non-hydrogen) atoms. The number of nitrogens with one attached hydrogen (secondary N) is 1. The zero-order chi connectivity index (χ0) is 17.7. The lowest BCUT2D eigenvalue weighted by molar-refractivity contribution is -0.137. The van der Waals surface area contributed by atoms with Crippen LogP contribution >= 0.6 is 11.8 Å². The van der Waals surface area contributed by atoms with Gasteiger partial charge in [-0.1, -0.05) is 12.1 Å². The second-order valence-corrected chi connectivity index (χ2v) is 6.44. The summed E-state index contributed by atoms with van der Waals surface area (Å²) < 4.78 is 37.7. The largest absolute Gasteiger partial charge is 0.416 e. The highest BCUT2D eigenvalue weighted by molar-refractivity contribution is 8.02. The average Bonchev–Trinajstić information content (AvgIpc) is 2.58. The first-order valence-electron chi connectivity index (χ1n) is 7.60. The zero-order valence-corrected chi connectivity index (χ0v) is 14.1. The van der Waals surface area contributed by atoms with Crippen LogP contribution < -0.4 is 0 Å². The molecule has 0 aliphatic heterocycles. The Bertz CT molecular complexity index is 638. The molecule has 1 N–H and O–H groups in total. The predicted octanol–water partition coefficient (Wildman–Crippen LogP) is 4.95. The first-order valence-corrected chi connectivity index (χ1v) is 8.83. The molecular formula is C17H19F3N2OS. The normalized spacial score (nSPS) is 15.3. The summed E-state index contributed by atoms with van der Waals surface area (Å²) in [4.78, 5) is 15.1. The minimum Gasteiger partial charge on any atom is -0.328 e. The van der Waals surface area contributed by atoms with Gasteiger partial charge in [0.05, 0.1) is 18.4 Å². The first kappa shape index (κ1) is 18.6. The number of allylic oxidation sites excluding steroid dienone is 2. The number of hydrogen-bond acceptors (Lipinski definition) is 3. The Balaban J connectivity index is 2.15. The van der Waals surface area contributed by atoms with E-state index in [2.05, 4.69) is 0 Å². The third-order valence-electron chi connectivity index (χ3n) is 3.99. The minimum atomic E-state index is -4.41. The molecule has 0 aromatic heterocycles. The van der Waals surface area contributed by atoms with Crippen LogP contribution in [0.2, 0.25) is 0 Å². The maximum Gasteiger partial charge on any atom is 0.416 e. The highest BCUT2D eigenvalue weighted by Gasteiger charge is 2.30. The Morgan fingerprint density at radius 3 is 2.42 bits per heavy atom.